The van der Waals surface area contributed by atoms with Gasteiger partial charge in [-0.05, 0) is 30.0 Å². The van der Waals surface area contributed by atoms with E-state index in [2.05, 4.69) is 11.3 Å². The third kappa shape index (κ3) is 6.59. The normalized spacial score (nSPS) is 12.1. The molecule has 0 saturated heterocycles. The van der Waals surface area contributed by atoms with Gasteiger partial charge in [0.15, 0.2) is 0 Å². The molecule has 0 spiro atoms. The van der Waals surface area contributed by atoms with E-state index in [1.165, 1.54) is 7.11 Å². The van der Waals surface area contributed by atoms with Gasteiger partial charge < -0.3 is 14.2 Å². The molecule has 0 N–H and O–H groups in total. The number of benzene rings is 1. The highest BCUT2D eigenvalue weighted by Gasteiger charge is 2.07. The van der Waals surface area contributed by atoms with Gasteiger partial charge in [0.05, 0.1) is 20.0 Å². The molecule has 0 bridgehead atoms. The summed E-state index contributed by atoms with van der Waals surface area (Å²) >= 11 is 0. The van der Waals surface area contributed by atoms with Crippen LogP contribution in [-0.2, 0) is 25.6 Å². The van der Waals surface area contributed by atoms with Crippen molar-refractivity contribution in [3.8, 4) is 0 Å². The Kier molecular flexibility index (Phi) is 8.00. The Morgan fingerprint density at radius 1 is 1.36 bits per heavy atom. The summed E-state index contributed by atoms with van der Waals surface area (Å²) < 4.78 is 15.3. The van der Waals surface area contributed by atoms with Gasteiger partial charge in [-0.15, -0.1) is 0 Å². The molecule has 0 fully saturated rings. The van der Waals surface area contributed by atoms with Gasteiger partial charge in [-0.3, -0.25) is 4.79 Å². The van der Waals surface area contributed by atoms with E-state index >= 15 is 0 Å². The molecule has 1 unspecified atom stereocenters. The monoisotopic (exact) mass is 304 g/mol. The predicted molar refractivity (Wildman–Crippen MR) is 86.8 cm³/mol. The number of esters is 1. The van der Waals surface area contributed by atoms with Crippen molar-refractivity contribution in [1.82, 2.24) is 0 Å². The lowest BCUT2D eigenvalue weighted by molar-refractivity contribution is -0.141. The topological polar surface area (TPSA) is 44.8 Å². The molecule has 0 aliphatic rings. The molecule has 0 radical (unpaired) electrons. The second kappa shape index (κ2) is 9.79. The van der Waals surface area contributed by atoms with E-state index in [0.717, 1.165) is 17.5 Å². The molecule has 0 aromatic heterocycles. The Morgan fingerprint density at radius 2 is 2.14 bits per heavy atom. The summed E-state index contributed by atoms with van der Waals surface area (Å²) in [5.74, 6) is 0.599. The zero-order chi connectivity index (χ0) is 16.4. The fraction of sp³-hybridized carbons (Fsp3) is 0.389. The van der Waals surface area contributed by atoms with Crippen LogP contribution >= 0.6 is 0 Å². The van der Waals surface area contributed by atoms with Gasteiger partial charge in [0, 0.05) is 19.1 Å². The van der Waals surface area contributed by atoms with E-state index in [-0.39, 0.29) is 11.9 Å². The quantitative estimate of drug-likeness (QED) is 0.512. The first kappa shape index (κ1) is 18.0. The molecule has 22 heavy (non-hydrogen) atoms. The van der Waals surface area contributed by atoms with Crippen molar-refractivity contribution in [2.75, 3.05) is 14.2 Å². The first-order valence-corrected chi connectivity index (χ1v) is 7.22. The van der Waals surface area contributed by atoms with Crippen LogP contribution in [0.5, 0.6) is 0 Å². The van der Waals surface area contributed by atoms with Crippen LogP contribution in [0.1, 0.15) is 30.9 Å². The van der Waals surface area contributed by atoms with Crippen molar-refractivity contribution in [1.29, 1.82) is 0 Å². The van der Waals surface area contributed by atoms with E-state index in [0.29, 0.717) is 18.8 Å². The molecule has 0 saturated carbocycles. The molecule has 1 atom stereocenters. The molecular weight excluding hydrogens is 280 g/mol. The molecule has 4 heteroatoms. The number of allylic oxidation sites excluding steroid dienone is 1. The SMILES string of the molecule is C=C(OC=CCC(C)CC(=O)OC)c1cccc(COC)c1. The Morgan fingerprint density at radius 3 is 2.82 bits per heavy atom. The zero-order valence-corrected chi connectivity index (χ0v) is 13.5. The molecule has 0 aliphatic carbocycles. The van der Waals surface area contributed by atoms with Crippen LogP contribution in [0, 0.1) is 5.92 Å². The van der Waals surface area contributed by atoms with E-state index in [9.17, 15) is 4.79 Å². The minimum Gasteiger partial charge on any atom is -0.469 e. The van der Waals surface area contributed by atoms with Gasteiger partial charge in [0.2, 0.25) is 0 Å². The summed E-state index contributed by atoms with van der Waals surface area (Å²) in [4.78, 5) is 11.1. The summed E-state index contributed by atoms with van der Waals surface area (Å²) in [6.07, 6.45) is 4.64. The van der Waals surface area contributed by atoms with Crippen LogP contribution in [0.25, 0.3) is 5.76 Å². The van der Waals surface area contributed by atoms with Crippen LogP contribution in [0.4, 0.5) is 0 Å². The standard InChI is InChI=1S/C18H24O4/c1-14(11-18(19)21-4)7-6-10-22-15(2)17-9-5-8-16(12-17)13-20-3/h5-6,8-10,12,14H,2,7,11,13H2,1,3-4H3. The number of ether oxygens (including phenoxy) is 3. The van der Waals surface area contributed by atoms with Crippen molar-refractivity contribution in [3.63, 3.8) is 0 Å². The highest BCUT2D eigenvalue weighted by Crippen LogP contribution is 2.17. The van der Waals surface area contributed by atoms with E-state index < -0.39 is 0 Å². The Labute approximate surface area is 132 Å². The third-order valence-corrected chi connectivity index (χ3v) is 3.15. The number of rotatable bonds is 9. The Hall–Kier alpha value is -2.07. The number of hydrogen-bond acceptors (Lipinski definition) is 4. The molecule has 1 aromatic rings. The van der Waals surface area contributed by atoms with Crippen LogP contribution < -0.4 is 0 Å². The van der Waals surface area contributed by atoms with E-state index in [4.69, 9.17) is 9.47 Å². The molecule has 1 rings (SSSR count). The minimum atomic E-state index is -0.193. The maximum absolute atomic E-state index is 11.1. The van der Waals surface area contributed by atoms with Crippen molar-refractivity contribution in [2.45, 2.75) is 26.4 Å². The number of methoxy groups -OCH3 is 2. The number of hydrogen-bond donors (Lipinski definition) is 0. The van der Waals surface area contributed by atoms with E-state index in [1.807, 2.05) is 37.3 Å². The second-order valence-electron chi connectivity index (χ2n) is 5.17. The highest BCUT2D eigenvalue weighted by molar-refractivity contribution is 5.69. The number of carbonyl (C=O) groups is 1. The summed E-state index contributed by atoms with van der Waals surface area (Å²) in [7, 11) is 3.06. The molecule has 0 amide bonds. The summed E-state index contributed by atoms with van der Waals surface area (Å²) in [6.45, 7) is 6.46. The van der Waals surface area contributed by atoms with Gasteiger partial charge in [0.25, 0.3) is 0 Å². The average Bonchev–Trinajstić information content (AvgIpc) is 2.51. The lowest BCUT2D eigenvalue weighted by Gasteiger charge is -2.08. The largest absolute Gasteiger partial charge is 0.469 e. The van der Waals surface area contributed by atoms with Gasteiger partial charge in [0.1, 0.15) is 5.76 Å². The first-order valence-electron chi connectivity index (χ1n) is 7.22. The summed E-state index contributed by atoms with van der Waals surface area (Å²) in [5.41, 5.74) is 1.99. The van der Waals surface area contributed by atoms with Crippen molar-refractivity contribution < 1.29 is 19.0 Å². The lowest BCUT2D eigenvalue weighted by Crippen LogP contribution is -2.06. The maximum atomic E-state index is 11.1. The van der Waals surface area contributed by atoms with Crippen molar-refractivity contribution in [2.24, 2.45) is 5.92 Å². The molecular formula is C18H24O4. The van der Waals surface area contributed by atoms with Crippen molar-refractivity contribution in [3.05, 3.63) is 54.3 Å². The Balaban J connectivity index is 2.43. The van der Waals surface area contributed by atoms with Crippen LogP contribution in [0.15, 0.2) is 43.2 Å². The zero-order valence-electron chi connectivity index (χ0n) is 13.5. The van der Waals surface area contributed by atoms with Gasteiger partial charge in [-0.2, -0.15) is 0 Å². The first-order chi connectivity index (χ1) is 10.6. The Bertz CT molecular complexity index is 520. The fourth-order valence-corrected chi connectivity index (χ4v) is 1.94. The van der Waals surface area contributed by atoms with Gasteiger partial charge in [-0.25, -0.2) is 0 Å². The van der Waals surface area contributed by atoms with Crippen LogP contribution in [0.2, 0.25) is 0 Å². The van der Waals surface area contributed by atoms with Crippen molar-refractivity contribution >= 4 is 11.7 Å². The minimum absolute atomic E-state index is 0.193. The molecule has 4 nitrogen and oxygen atoms in total. The fourth-order valence-electron chi connectivity index (χ4n) is 1.94. The molecule has 0 aliphatic heterocycles. The summed E-state index contributed by atoms with van der Waals surface area (Å²) in [6, 6.07) is 7.86. The molecule has 0 heterocycles. The molecule has 1 aromatic carbocycles. The lowest BCUT2D eigenvalue weighted by atomic mass is 10.0. The van der Waals surface area contributed by atoms with E-state index in [1.54, 1.807) is 13.4 Å². The molecule has 120 valence electrons. The smallest absolute Gasteiger partial charge is 0.305 e. The van der Waals surface area contributed by atoms with Gasteiger partial charge >= 0.3 is 5.97 Å². The average molecular weight is 304 g/mol. The van der Waals surface area contributed by atoms with Gasteiger partial charge in [-0.1, -0.05) is 31.7 Å². The van der Waals surface area contributed by atoms with Crippen LogP contribution in [0.3, 0.4) is 0 Å². The summed E-state index contributed by atoms with van der Waals surface area (Å²) in [5, 5.41) is 0. The second-order valence-corrected chi connectivity index (χ2v) is 5.17. The maximum Gasteiger partial charge on any atom is 0.305 e. The van der Waals surface area contributed by atoms with Crippen LogP contribution in [-0.4, -0.2) is 20.2 Å². The number of carbonyl (C=O) groups excluding carboxylic acids is 1. The highest BCUT2D eigenvalue weighted by atomic mass is 16.5. The predicted octanol–water partition coefficient (Wildman–Crippen LogP) is 3.92. The third-order valence-electron chi connectivity index (χ3n) is 3.15.